The molecule has 0 radical (unpaired) electrons. The lowest BCUT2D eigenvalue weighted by Crippen LogP contribution is -2.20. The van der Waals surface area contributed by atoms with Crippen molar-refractivity contribution in [1.29, 1.82) is 0 Å². The van der Waals surface area contributed by atoms with Crippen LogP contribution in [-0.2, 0) is 6.54 Å². The molecule has 2 nitrogen and oxygen atoms in total. The lowest BCUT2D eigenvalue weighted by atomic mass is 10.3. The van der Waals surface area contributed by atoms with Crippen LogP contribution >= 0.6 is 31.9 Å². The maximum absolute atomic E-state index is 4.36. The fourth-order valence-corrected chi connectivity index (χ4v) is 2.67. The Kier molecular flexibility index (Phi) is 3.57. The summed E-state index contributed by atoms with van der Waals surface area (Å²) < 4.78 is 1.11. The highest BCUT2D eigenvalue weighted by atomic mass is 79.9. The Hall–Kier alpha value is 0.0700. The van der Waals surface area contributed by atoms with Crippen molar-refractivity contribution in [1.82, 2.24) is 9.88 Å². The SMILES string of the molecule is Brc1cccnc1CN1CCC(Br)C1. The first-order chi connectivity index (χ1) is 6.75. The Balaban J connectivity index is 2.01. The number of rotatable bonds is 2. The van der Waals surface area contributed by atoms with E-state index >= 15 is 0 Å². The van der Waals surface area contributed by atoms with Crippen LogP contribution in [0.2, 0.25) is 0 Å². The van der Waals surface area contributed by atoms with Crippen molar-refractivity contribution in [3.8, 4) is 0 Å². The molecule has 2 rings (SSSR count). The Bertz CT molecular complexity index is 317. The topological polar surface area (TPSA) is 16.1 Å². The molecule has 1 aromatic rings. The van der Waals surface area contributed by atoms with Gasteiger partial charge in [0.1, 0.15) is 0 Å². The summed E-state index contributed by atoms with van der Waals surface area (Å²) in [5, 5.41) is 0. The molecule has 14 heavy (non-hydrogen) atoms. The average Bonchev–Trinajstić information content (AvgIpc) is 2.56. The van der Waals surface area contributed by atoms with Gasteiger partial charge in [0.2, 0.25) is 0 Å². The molecule has 76 valence electrons. The molecule has 1 aliphatic rings. The van der Waals surface area contributed by atoms with Crippen molar-refractivity contribution in [2.45, 2.75) is 17.8 Å². The van der Waals surface area contributed by atoms with Crippen LogP contribution in [-0.4, -0.2) is 27.8 Å². The van der Waals surface area contributed by atoms with Crippen LogP contribution in [0, 0.1) is 0 Å². The zero-order valence-corrected chi connectivity index (χ0v) is 11.0. The fourth-order valence-electron chi connectivity index (χ4n) is 1.68. The van der Waals surface area contributed by atoms with E-state index in [0.717, 1.165) is 23.3 Å². The first-order valence-corrected chi connectivity index (χ1v) is 6.42. The van der Waals surface area contributed by atoms with E-state index < -0.39 is 0 Å². The molecule has 1 unspecified atom stereocenters. The molecule has 0 N–H and O–H groups in total. The van der Waals surface area contributed by atoms with Gasteiger partial charge in [-0.05, 0) is 41.0 Å². The van der Waals surface area contributed by atoms with Crippen LogP contribution in [0.4, 0.5) is 0 Å². The van der Waals surface area contributed by atoms with E-state index in [1.54, 1.807) is 0 Å². The van der Waals surface area contributed by atoms with Gasteiger partial charge < -0.3 is 0 Å². The first-order valence-electron chi connectivity index (χ1n) is 4.71. The number of nitrogens with zero attached hydrogens (tertiary/aromatic N) is 2. The smallest absolute Gasteiger partial charge is 0.0685 e. The summed E-state index contributed by atoms with van der Waals surface area (Å²) in [5.74, 6) is 0. The third-order valence-electron chi connectivity index (χ3n) is 2.42. The molecule has 2 heterocycles. The molecule has 1 fully saturated rings. The van der Waals surface area contributed by atoms with Crippen LogP contribution in [0.15, 0.2) is 22.8 Å². The Labute approximate surface area is 101 Å². The van der Waals surface area contributed by atoms with E-state index in [2.05, 4.69) is 41.7 Å². The molecule has 1 aliphatic heterocycles. The minimum Gasteiger partial charge on any atom is -0.296 e. The van der Waals surface area contributed by atoms with Crippen LogP contribution in [0.1, 0.15) is 12.1 Å². The van der Waals surface area contributed by atoms with E-state index in [0.29, 0.717) is 4.83 Å². The van der Waals surface area contributed by atoms with Gasteiger partial charge in [0.15, 0.2) is 0 Å². The Morgan fingerprint density at radius 2 is 2.43 bits per heavy atom. The summed E-state index contributed by atoms with van der Waals surface area (Å²) in [4.78, 5) is 7.44. The second kappa shape index (κ2) is 4.73. The van der Waals surface area contributed by atoms with Crippen LogP contribution in [0.25, 0.3) is 0 Å². The second-order valence-corrected chi connectivity index (χ2v) is 5.70. The van der Waals surface area contributed by atoms with Gasteiger partial charge in [0.05, 0.1) is 5.69 Å². The number of likely N-dealkylation sites (tertiary alicyclic amines) is 1. The maximum atomic E-state index is 4.36. The van der Waals surface area contributed by atoms with E-state index in [1.807, 2.05) is 18.3 Å². The summed E-state index contributed by atoms with van der Waals surface area (Å²) >= 11 is 7.15. The molecule has 0 amide bonds. The van der Waals surface area contributed by atoms with Crippen molar-refractivity contribution >= 4 is 31.9 Å². The van der Waals surface area contributed by atoms with Gasteiger partial charge in [0, 0.05) is 28.6 Å². The minimum atomic E-state index is 0.657. The standard InChI is InChI=1S/C10H12Br2N2/c11-8-3-5-14(6-8)7-10-9(12)2-1-4-13-10/h1-2,4,8H,3,5-7H2. The summed E-state index contributed by atoms with van der Waals surface area (Å²) in [5.41, 5.74) is 1.13. The fraction of sp³-hybridized carbons (Fsp3) is 0.500. The first kappa shape index (κ1) is 10.6. The van der Waals surface area contributed by atoms with Crippen molar-refractivity contribution < 1.29 is 0 Å². The molecule has 0 aromatic carbocycles. The normalized spacial score (nSPS) is 22.9. The highest BCUT2D eigenvalue weighted by molar-refractivity contribution is 9.10. The number of aromatic nitrogens is 1. The highest BCUT2D eigenvalue weighted by Crippen LogP contribution is 2.21. The lowest BCUT2D eigenvalue weighted by molar-refractivity contribution is 0.327. The maximum Gasteiger partial charge on any atom is 0.0685 e. The predicted molar refractivity (Wildman–Crippen MR) is 64.5 cm³/mol. The van der Waals surface area contributed by atoms with E-state index in [4.69, 9.17) is 0 Å². The van der Waals surface area contributed by atoms with Crippen LogP contribution in [0.3, 0.4) is 0 Å². The van der Waals surface area contributed by atoms with E-state index in [-0.39, 0.29) is 0 Å². The van der Waals surface area contributed by atoms with Gasteiger partial charge in [-0.15, -0.1) is 0 Å². The molecule has 0 aliphatic carbocycles. The van der Waals surface area contributed by atoms with Crippen LogP contribution in [0.5, 0.6) is 0 Å². The van der Waals surface area contributed by atoms with Crippen molar-refractivity contribution in [2.24, 2.45) is 0 Å². The van der Waals surface area contributed by atoms with Gasteiger partial charge in [-0.3, -0.25) is 9.88 Å². The number of hydrogen-bond donors (Lipinski definition) is 0. The van der Waals surface area contributed by atoms with Gasteiger partial charge >= 0.3 is 0 Å². The average molecular weight is 320 g/mol. The van der Waals surface area contributed by atoms with Crippen molar-refractivity contribution in [3.63, 3.8) is 0 Å². The van der Waals surface area contributed by atoms with Crippen molar-refractivity contribution in [3.05, 3.63) is 28.5 Å². The molecule has 1 saturated heterocycles. The highest BCUT2D eigenvalue weighted by Gasteiger charge is 2.20. The largest absolute Gasteiger partial charge is 0.296 e. The van der Waals surface area contributed by atoms with E-state index in [1.165, 1.54) is 13.0 Å². The predicted octanol–water partition coefficient (Wildman–Crippen LogP) is 2.81. The quantitative estimate of drug-likeness (QED) is 0.779. The second-order valence-electron chi connectivity index (χ2n) is 3.55. The molecular formula is C10H12Br2N2. The molecular weight excluding hydrogens is 308 g/mol. The lowest BCUT2D eigenvalue weighted by Gasteiger charge is -2.14. The van der Waals surface area contributed by atoms with Gasteiger partial charge in [0.25, 0.3) is 0 Å². The third kappa shape index (κ3) is 2.55. The zero-order valence-electron chi connectivity index (χ0n) is 7.79. The molecule has 0 spiro atoms. The molecule has 0 bridgehead atoms. The summed E-state index contributed by atoms with van der Waals surface area (Å²) in [6.07, 6.45) is 3.09. The summed E-state index contributed by atoms with van der Waals surface area (Å²) in [6.45, 7) is 3.24. The monoisotopic (exact) mass is 318 g/mol. The molecule has 0 saturated carbocycles. The van der Waals surface area contributed by atoms with E-state index in [9.17, 15) is 0 Å². The van der Waals surface area contributed by atoms with Gasteiger partial charge in [-0.1, -0.05) is 15.9 Å². The third-order valence-corrected chi connectivity index (χ3v) is 3.89. The molecule has 1 aromatic heterocycles. The van der Waals surface area contributed by atoms with Gasteiger partial charge in [-0.25, -0.2) is 0 Å². The summed E-state index contributed by atoms with van der Waals surface area (Å²) in [6, 6.07) is 3.99. The summed E-state index contributed by atoms with van der Waals surface area (Å²) in [7, 11) is 0. The van der Waals surface area contributed by atoms with Crippen molar-refractivity contribution in [2.75, 3.05) is 13.1 Å². The number of alkyl halides is 1. The molecule has 4 heteroatoms. The Morgan fingerprint density at radius 3 is 3.07 bits per heavy atom. The molecule has 1 atom stereocenters. The minimum absolute atomic E-state index is 0.657. The Morgan fingerprint density at radius 1 is 1.57 bits per heavy atom. The number of halogens is 2. The zero-order chi connectivity index (χ0) is 9.97. The van der Waals surface area contributed by atoms with Gasteiger partial charge in [-0.2, -0.15) is 0 Å². The number of hydrogen-bond acceptors (Lipinski definition) is 2. The number of pyridine rings is 1. The van der Waals surface area contributed by atoms with Crippen LogP contribution < -0.4 is 0 Å².